The second-order valence-electron chi connectivity index (χ2n) is 4.92. The van der Waals surface area contributed by atoms with Crippen molar-refractivity contribution in [3.05, 3.63) is 29.6 Å². The zero-order valence-electron chi connectivity index (χ0n) is 11.4. The smallest absolute Gasteiger partial charge is 0.129 e. The van der Waals surface area contributed by atoms with Crippen LogP contribution in [0.1, 0.15) is 12.5 Å². The number of anilines is 1. The quantitative estimate of drug-likeness (QED) is 0.859. The van der Waals surface area contributed by atoms with Crippen LogP contribution in [-0.4, -0.2) is 44.1 Å². The third kappa shape index (κ3) is 3.23. The molecular weight excluding hydrogens is 247 g/mol. The molecule has 2 atom stereocenters. The monoisotopic (exact) mass is 268 g/mol. The normalized spacial score (nSPS) is 23.7. The first-order valence-electron chi connectivity index (χ1n) is 6.59. The van der Waals surface area contributed by atoms with E-state index >= 15 is 0 Å². The van der Waals surface area contributed by atoms with Crippen LogP contribution in [0.4, 0.5) is 10.1 Å². The van der Waals surface area contributed by atoms with Crippen molar-refractivity contribution in [3.8, 4) is 0 Å². The van der Waals surface area contributed by atoms with Gasteiger partial charge in [0.15, 0.2) is 0 Å². The van der Waals surface area contributed by atoms with Gasteiger partial charge in [-0.3, -0.25) is 0 Å². The maximum atomic E-state index is 13.9. The summed E-state index contributed by atoms with van der Waals surface area (Å²) in [6.07, 6.45) is -0.189. The average molecular weight is 268 g/mol. The standard InChI is InChI=1S/C14H21FN2O2/c1-10-7-17(8-11(9-18)19-10)14-5-3-4-13(15)12(14)6-16-2/h3-5,10-11,16,18H,6-9H2,1-2H3. The maximum Gasteiger partial charge on any atom is 0.129 e. The fourth-order valence-electron chi connectivity index (χ4n) is 2.54. The molecule has 1 fully saturated rings. The number of nitrogens with one attached hydrogen (secondary N) is 1. The van der Waals surface area contributed by atoms with Crippen LogP contribution < -0.4 is 10.2 Å². The minimum atomic E-state index is -0.213. The number of nitrogens with zero attached hydrogens (tertiary/aromatic N) is 1. The van der Waals surface area contributed by atoms with Crippen molar-refractivity contribution in [2.45, 2.75) is 25.7 Å². The van der Waals surface area contributed by atoms with E-state index in [9.17, 15) is 9.50 Å². The summed E-state index contributed by atoms with van der Waals surface area (Å²) >= 11 is 0. The lowest BCUT2D eigenvalue weighted by Crippen LogP contribution is -2.48. The van der Waals surface area contributed by atoms with Gasteiger partial charge in [-0.2, -0.15) is 0 Å². The zero-order valence-corrected chi connectivity index (χ0v) is 11.4. The fraction of sp³-hybridized carbons (Fsp3) is 0.571. The molecule has 0 aliphatic carbocycles. The molecule has 0 saturated carbocycles. The molecule has 2 N–H and O–H groups in total. The van der Waals surface area contributed by atoms with Crippen LogP contribution in [0, 0.1) is 5.82 Å². The van der Waals surface area contributed by atoms with Crippen LogP contribution in [0.15, 0.2) is 18.2 Å². The van der Waals surface area contributed by atoms with Gasteiger partial charge in [-0.05, 0) is 26.1 Å². The van der Waals surface area contributed by atoms with Gasteiger partial charge in [-0.25, -0.2) is 4.39 Å². The largest absolute Gasteiger partial charge is 0.394 e. The second-order valence-corrected chi connectivity index (χ2v) is 4.92. The summed E-state index contributed by atoms with van der Waals surface area (Å²) in [5, 5.41) is 12.3. The number of morpholine rings is 1. The molecule has 1 heterocycles. The first-order valence-corrected chi connectivity index (χ1v) is 6.59. The Morgan fingerprint density at radius 3 is 2.95 bits per heavy atom. The number of aliphatic hydroxyl groups excluding tert-OH is 1. The van der Waals surface area contributed by atoms with Crippen molar-refractivity contribution in [3.63, 3.8) is 0 Å². The van der Waals surface area contributed by atoms with Gasteiger partial charge in [-0.1, -0.05) is 6.07 Å². The molecule has 1 aliphatic heterocycles. The predicted molar refractivity (Wildman–Crippen MR) is 72.8 cm³/mol. The lowest BCUT2D eigenvalue weighted by atomic mass is 10.1. The van der Waals surface area contributed by atoms with Gasteiger partial charge in [0.05, 0.1) is 18.8 Å². The number of halogens is 1. The number of rotatable bonds is 4. The Morgan fingerprint density at radius 2 is 2.26 bits per heavy atom. The van der Waals surface area contributed by atoms with Crippen LogP contribution >= 0.6 is 0 Å². The summed E-state index contributed by atoms with van der Waals surface area (Å²) in [6.45, 7) is 3.72. The van der Waals surface area contributed by atoms with Crippen LogP contribution in [-0.2, 0) is 11.3 Å². The molecule has 0 amide bonds. The number of ether oxygens (including phenoxy) is 1. The molecule has 0 spiro atoms. The molecule has 0 bridgehead atoms. The van der Waals surface area contributed by atoms with Crippen molar-refractivity contribution in [2.24, 2.45) is 0 Å². The minimum Gasteiger partial charge on any atom is -0.394 e. The maximum absolute atomic E-state index is 13.9. The molecule has 5 heteroatoms. The molecule has 2 rings (SSSR count). The van der Waals surface area contributed by atoms with Crippen molar-refractivity contribution in [1.29, 1.82) is 0 Å². The highest BCUT2D eigenvalue weighted by molar-refractivity contribution is 5.54. The Bertz CT molecular complexity index is 428. The lowest BCUT2D eigenvalue weighted by Gasteiger charge is -2.38. The predicted octanol–water partition coefficient (Wildman–Crippen LogP) is 1.13. The zero-order chi connectivity index (χ0) is 13.8. The summed E-state index contributed by atoms with van der Waals surface area (Å²) in [6, 6.07) is 5.11. The highest BCUT2D eigenvalue weighted by atomic mass is 19.1. The van der Waals surface area contributed by atoms with Gasteiger partial charge >= 0.3 is 0 Å². The van der Waals surface area contributed by atoms with Crippen molar-refractivity contribution >= 4 is 5.69 Å². The van der Waals surface area contributed by atoms with Crippen LogP contribution in [0.25, 0.3) is 0 Å². The molecule has 0 radical (unpaired) electrons. The molecule has 19 heavy (non-hydrogen) atoms. The van der Waals surface area contributed by atoms with E-state index in [2.05, 4.69) is 10.2 Å². The summed E-state index contributed by atoms with van der Waals surface area (Å²) < 4.78 is 19.5. The lowest BCUT2D eigenvalue weighted by molar-refractivity contribution is -0.0421. The van der Waals surface area contributed by atoms with Crippen LogP contribution in [0.2, 0.25) is 0 Å². The topological polar surface area (TPSA) is 44.7 Å². The number of hydrogen-bond acceptors (Lipinski definition) is 4. The molecule has 106 valence electrons. The van der Waals surface area contributed by atoms with Crippen molar-refractivity contribution in [1.82, 2.24) is 5.32 Å². The van der Waals surface area contributed by atoms with Crippen molar-refractivity contribution in [2.75, 3.05) is 31.6 Å². The van der Waals surface area contributed by atoms with Gasteiger partial charge in [0.2, 0.25) is 0 Å². The summed E-state index contributed by atoms with van der Waals surface area (Å²) in [5.41, 5.74) is 1.54. The first kappa shape index (κ1) is 14.2. The van der Waals surface area contributed by atoms with Gasteiger partial charge in [0, 0.05) is 30.9 Å². The van der Waals surface area contributed by atoms with E-state index in [1.165, 1.54) is 6.07 Å². The molecule has 1 aromatic rings. The van der Waals surface area contributed by atoms with E-state index in [-0.39, 0.29) is 24.6 Å². The van der Waals surface area contributed by atoms with E-state index in [0.29, 0.717) is 25.2 Å². The number of hydrogen-bond donors (Lipinski definition) is 2. The van der Waals surface area contributed by atoms with Gasteiger partial charge in [0.1, 0.15) is 5.82 Å². The second kappa shape index (κ2) is 6.32. The molecule has 1 saturated heterocycles. The van der Waals surface area contributed by atoms with Crippen LogP contribution in [0.3, 0.4) is 0 Å². The molecule has 2 unspecified atom stereocenters. The van der Waals surface area contributed by atoms with Gasteiger partial charge < -0.3 is 20.1 Å². The minimum absolute atomic E-state index is 0.0164. The highest BCUT2D eigenvalue weighted by Crippen LogP contribution is 2.26. The summed E-state index contributed by atoms with van der Waals surface area (Å²) in [7, 11) is 1.80. The SMILES string of the molecule is CNCc1c(F)cccc1N1CC(C)OC(CO)C1. The Labute approximate surface area is 113 Å². The van der Waals surface area contributed by atoms with E-state index < -0.39 is 0 Å². The third-order valence-corrected chi connectivity index (χ3v) is 3.32. The molecule has 1 aromatic carbocycles. The van der Waals surface area contributed by atoms with E-state index in [1.807, 2.05) is 13.0 Å². The van der Waals surface area contributed by atoms with E-state index in [0.717, 1.165) is 5.69 Å². The Hall–Kier alpha value is -1.17. The van der Waals surface area contributed by atoms with Gasteiger partial charge in [0.25, 0.3) is 0 Å². The first-order chi connectivity index (χ1) is 9.15. The van der Waals surface area contributed by atoms with E-state index in [1.54, 1.807) is 13.1 Å². The Balaban J connectivity index is 2.27. The Morgan fingerprint density at radius 1 is 1.47 bits per heavy atom. The fourth-order valence-corrected chi connectivity index (χ4v) is 2.54. The Kier molecular flexibility index (Phi) is 4.74. The van der Waals surface area contributed by atoms with Crippen LogP contribution in [0.5, 0.6) is 0 Å². The molecule has 1 aliphatic rings. The molecule has 0 aromatic heterocycles. The molecular formula is C14H21FN2O2. The number of benzene rings is 1. The summed E-state index contributed by atoms with van der Waals surface area (Å²) in [5.74, 6) is -0.202. The summed E-state index contributed by atoms with van der Waals surface area (Å²) in [4.78, 5) is 2.09. The average Bonchev–Trinajstić information content (AvgIpc) is 2.40. The van der Waals surface area contributed by atoms with E-state index in [4.69, 9.17) is 4.74 Å². The van der Waals surface area contributed by atoms with Gasteiger partial charge in [-0.15, -0.1) is 0 Å². The van der Waals surface area contributed by atoms with Crippen molar-refractivity contribution < 1.29 is 14.2 Å². The molecule has 4 nitrogen and oxygen atoms in total. The number of aliphatic hydroxyl groups is 1. The highest BCUT2D eigenvalue weighted by Gasteiger charge is 2.26. The third-order valence-electron chi connectivity index (χ3n) is 3.32.